The van der Waals surface area contributed by atoms with Gasteiger partial charge in [0.15, 0.2) is 0 Å². The molecule has 1 aliphatic rings. The lowest BCUT2D eigenvalue weighted by atomic mass is 10.0. The van der Waals surface area contributed by atoms with Gasteiger partial charge >= 0.3 is 0 Å². The Morgan fingerprint density at radius 1 is 1.10 bits per heavy atom. The van der Waals surface area contributed by atoms with Crippen molar-refractivity contribution in [3.63, 3.8) is 0 Å². The van der Waals surface area contributed by atoms with Crippen LogP contribution in [0, 0.1) is 0 Å². The van der Waals surface area contributed by atoms with E-state index in [2.05, 4.69) is 72.5 Å². The molecule has 2 heterocycles. The highest BCUT2D eigenvalue weighted by atomic mass is 16.5. The molecule has 39 heavy (non-hydrogen) atoms. The van der Waals surface area contributed by atoms with Crippen molar-refractivity contribution in [3.8, 4) is 16.9 Å². The van der Waals surface area contributed by atoms with Gasteiger partial charge in [0.05, 0.1) is 11.4 Å². The summed E-state index contributed by atoms with van der Waals surface area (Å²) in [6.07, 6.45) is 8.14. The molecule has 6 heteroatoms. The Labute approximate surface area is 231 Å². The molecule has 0 unspecified atom stereocenters. The van der Waals surface area contributed by atoms with Gasteiger partial charge in [-0.1, -0.05) is 37.3 Å². The number of para-hydroxylation sites is 2. The predicted molar refractivity (Wildman–Crippen MR) is 162 cm³/mol. The Hall–Kier alpha value is -4.03. The molecule has 3 aromatic carbocycles. The molecule has 1 aromatic heterocycles. The fraction of sp³-hybridized carbons (Fsp3) is 0.303. The average molecular weight is 523 g/mol. The predicted octanol–water partition coefficient (Wildman–Crippen LogP) is 6.96. The van der Waals surface area contributed by atoms with Crippen LogP contribution in [0.2, 0.25) is 0 Å². The zero-order chi connectivity index (χ0) is 27.2. The highest BCUT2D eigenvalue weighted by molar-refractivity contribution is 6.08. The Morgan fingerprint density at radius 2 is 1.97 bits per heavy atom. The average Bonchev–Trinajstić information content (AvgIpc) is 3.34. The van der Waals surface area contributed by atoms with Crippen molar-refractivity contribution < 1.29 is 9.53 Å². The number of aromatic amines is 1. The molecular formula is C33H38N4O2. The van der Waals surface area contributed by atoms with Gasteiger partial charge in [-0.2, -0.15) is 0 Å². The number of hydrogen-bond donors (Lipinski definition) is 2. The molecule has 202 valence electrons. The summed E-state index contributed by atoms with van der Waals surface area (Å²) >= 11 is 0. The number of fused-ring (bicyclic) bond motifs is 2. The first-order valence-electron chi connectivity index (χ1n) is 13.9. The quantitative estimate of drug-likeness (QED) is 0.233. The lowest BCUT2D eigenvalue weighted by Gasteiger charge is -2.23. The third-order valence-corrected chi connectivity index (χ3v) is 7.24. The van der Waals surface area contributed by atoms with Crippen molar-refractivity contribution in [1.82, 2.24) is 9.88 Å². The number of likely N-dealkylation sites (N-methyl/N-ethyl adjacent to an activating group) is 1. The molecule has 0 bridgehead atoms. The highest BCUT2D eigenvalue weighted by Crippen LogP contribution is 2.35. The van der Waals surface area contributed by atoms with Gasteiger partial charge in [-0.3, -0.25) is 4.79 Å². The Bertz CT molecular complexity index is 1460. The highest BCUT2D eigenvalue weighted by Gasteiger charge is 2.25. The van der Waals surface area contributed by atoms with Gasteiger partial charge in [0.2, 0.25) is 0 Å². The number of nitrogens with zero attached hydrogens (tertiary/aromatic N) is 2. The first kappa shape index (κ1) is 26.6. The third-order valence-electron chi connectivity index (χ3n) is 7.24. The number of benzene rings is 3. The van der Waals surface area contributed by atoms with Gasteiger partial charge in [0.1, 0.15) is 12.4 Å². The van der Waals surface area contributed by atoms with Gasteiger partial charge in [0.25, 0.3) is 5.91 Å². The first-order valence-corrected chi connectivity index (χ1v) is 13.9. The molecule has 0 saturated heterocycles. The topological polar surface area (TPSA) is 60.6 Å². The number of amides is 1. The molecule has 1 atom stereocenters. The van der Waals surface area contributed by atoms with E-state index in [1.807, 2.05) is 53.6 Å². The monoisotopic (exact) mass is 522 g/mol. The number of nitrogens with one attached hydrogen (secondary N) is 2. The lowest BCUT2D eigenvalue weighted by Crippen LogP contribution is -2.32. The Kier molecular flexibility index (Phi) is 8.33. The standard InChI is InChI=1S/C33H38N4O2/c1-4-18-36(3)19-7-8-21-39-32-23-27(11-13-28(32)25-12-14-29-26(22-25)15-17-34-29)33(38)37-20-16-24(2)35-30-9-5-6-10-31(30)37/h5-15,17,22-24,34-35H,4,16,18-21H2,1-3H3/t24-/m0/s1. The fourth-order valence-corrected chi connectivity index (χ4v) is 5.15. The Morgan fingerprint density at radius 3 is 2.85 bits per heavy atom. The number of ether oxygens (including phenoxy) is 1. The van der Waals surface area contributed by atoms with E-state index in [1.165, 1.54) is 0 Å². The maximum atomic E-state index is 13.9. The van der Waals surface area contributed by atoms with Crippen molar-refractivity contribution in [1.29, 1.82) is 0 Å². The molecule has 1 amide bonds. The molecule has 0 radical (unpaired) electrons. The third kappa shape index (κ3) is 6.18. The van der Waals surface area contributed by atoms with Gasteiger partial charge in [-0.15, -0.1) is 0 Å². The number of H-pyrrole nitrogens is 1. The molecule has 0 saturated carbocycles. The summed E-state index contributed by atoms with van der Waals surface area (Å²) < 4.78 is 6.32. The van der Waals surface area contributed by atoms with E-state index < -0.39 is 0 Å². The lowest BCUT2D eigenvalue weighted by molar-refractivity contribution is 0.0986. The van der Waals surface area contributed by atoms with Gasteiger partial charge < -0.3 is 24.8 Å². The summed E-state index contributed by atoms with van der Waals surface area (Å²) in [6.45, 7) is 7.37. The van der Waals surface area contributed by atoms with Crippen LogP contribution in [0.4, 0.5) is 11.4 Å². The molecule has 0 fully saturated rings. The normalized spacial score (nSPS) is 15.4. The van der Waals surface area contributed by atoms with Crippen LogP contribution in [0.1, 0.15) is 37.0 Å². The van der Waals surface area contributed by atoms with Crippen LogP contribution in [-0.4, -0.2) is 55.1 Å². The van der Waals surface area contributed by atoms with Crippen LogP contribution in [0.15, 0.2) is 85.1 Å². The van der Waals surface area contributed by atoms with E-state index in [1.54, 1.807) is 0 Å². The maximum absolute atomic E-state index is 13.9. The van der Waals surface area contributed by atoms with Crippen LogP contribution >= 0.6 is 0 Å². The zero-order valence-corrected chi connectivity index (χ0v) is 23.1. The largest absolute Gasteiger partial charge is 0.489 e. The number of carbonyl (C=O) groups is 1. The smallest absolute Gasteiger partial charge is 0.258 e. The fourth-order valence-electron chi connectivity index (χ4n) is 5.15. The summed E-state index contributed by atoms with van der Waals surface area (Å²) in [7, 11) is 2.12. The minimum absolute atomic E-state index is 0.0208. The first-order chi connectivity index (χ1) is 19.0. The maximum Gasteiger partial charge on any atom is 0.258 e. The van der Waals surface area contributed by atoms with Crippen LogP contribution < -0.4 is 15.0 Å². The number of rotatable bonds is 9. The van der Waals surface area contributed by atoms with Crippen molar-refractivity contribution in [3.05, 3.63) is 90.6 Å². The molecular weight excluding hydrogens is 484 g/mol. The molecule has 1 aliphatic heterocycles. The summed E-state index contributed by atoms with van der Waals surface area (Å²) in [4.78, 5) is 21.3. The van der Waals surface area contributed by atoms with Crippen molar-refractivity contribution in [2.75, 3.05) is 43.5 Å². The van der Waals surface area contributed by atoms with E-state index >= 15 is 0 Å². The summed E-state index contributed by atoms with van der Waals surface area (Å²) in [5.41, 5.74) is 5.64. The minimum atomic E-state index is -0.0208. The van der Waals surface area contributed by atoms with E-state index in [4.69, 9.17) is 4.74 Å². The second-order valence-corrected chi connectivity index (χ2v) is 10.3. The van der Waals surface area contributed by atoms with Gasteiger partial charge in [0, 0.05) is 42.0 Å². The van der Waals surface area contributed by atoms with Crippen molar-refractivity contribution >= 4 is 28.2 Å². The van der Waals surface area contributed by atoms with Crippen molar-refractivity contribution in [2.45, 2.75) is 32.7 Å². The van der Waals surface area contributed by atoms with Crippen LogP contribution in [-0.2, 0) is 0 Å². The zero-order valence-electron chi connectivity index (χ0n) is 23.1. The molecule has 5 rings (SSSR count). The second-order valence-electron chi connectivity index (χ2n) is 10.3. The van der Waals surface area contributed by atoms with E-state index in [-0.39, 0.29) is 11.9 Å². The molecule has 0 spiro atoms. The summed E-state index contributed by atoms with van der Waals surface area (Å²) in [5.74, 6) is 0.685. The van der Waals surface area contributed by atoms with E-state index in [9.17, 15) is 4.79 Å². The SMILES string of the molecule is CCCN(C)CC=CCOc1cc(C(=O)N2CC[C@H](C)Nc3ccccc32)ccc1-c1ccc2[nH]ccc2c1. The molecule has 6 nitrogen and oxygen atoms in total. The van der Waals surface area contributed by atoms with Gasteiger partial charge in [-0.05, 0) is 92.8 Å². The molecule has 0 aliphatic carbocycles. The van der Waals surface area contributed by atoms with Gasteiger partial charge in [-0.25, -0.2) is 0 Å². The number of aromatic nitrogens is 1. The number of anilines is 2. The molecule has 4 aromatic rings. The van der Waals surface area contributed by atoms with E-state index in [0.29, 0.717) is 24.5 Å². The van der Waals surface area contributed by atoms with Crippen LogP contribution in [0.25, 0.3) is 22.0 Å². The van der Waals surface area contributed by atoms with Crippen LogP contribution in [0.5, 0.6) is 5.75 Å². The second kappa shape index (κ2) is 12.2. The summed E-state index contributed by atoms with van der Waals surface area (Å²) in [6, 6.07) is 22.6. The number of hydrogen-bond acceptors (Lipinski definition) is 4. The minimum Gasteiger partial charge on any atom is -0.489 e. The Balaban J connectivity index is 1.44. The van der Waals surface area contributed by atoms with E-state index in [0.717, 1.165) is 59.3 Å². The molecule has 2 N–H and O–H groups in total. The summed E-state index contributed by atoms with van der Waals surface area (Å²) in [5, 5.41) is 4.68. The van der Waals surface area contributed by atoms with Crippen LogP contribution in [0.3, 0.4) is 0 Å². The number of carbonyl (C=O) groups excluding carboxylic acids is 1. The van der Waals surface area contributed by atoms with Crippen molar-refractivity contribution in [2.24, 2.45) is 0 Å².